The van der Waals surface area contributed by atoms with Crippen LogP contribution in [-0.4, -0.2) is 36.6 Å². The summed E-state index contributed by atoms with van der Waals surface area (Å²) < 4.78 is 0. The summed E-state index contributed by atoms with van der Waals surface area (Å²) in [5.41, 5.74) is 2.04. The molecule has 0 radical (unpaired) electrons. The molecule has 0 unspecified atom stereocenters. The number of nitrogens with zero attached hydrogens (tertiary/aromatic N) is 1. The molecule has 1 saturated carbocycles. The normalized spacial score (nSPS) is 28.6. The van der Waals surface area contributed by atoms with E-state index in [-0.39, 0.29) is 11.6 Å². The van der Waals surface area contributed by atoms with Crippen molar-refractivity contribution in [3.05, 3.63) is 11.3 Å². The highest BCUT2D eigenvalue weighted by Crippen LogP contribution is 2.31. The smallest absolute Gasteiger partial charge is 0.252 e. The highest BCUT2D eigenvalue weighted by Gasteiger charge is 2.40. The van der Waals surface area contributed by atoms with E-state index in [0.717, 1.165) is 37.9 Å². The monoisotopic (exact) mass is 235 g/mol. The Bertz CT molecular complexity index is 369. The number of hydrogen-bond acceptors (Lipinski definition) is 3. The highest BCUT2D eigenvalue weighted by atomic mass is 16.2. The zero-order chi connectivity index (χ0) is 11.9. The molecule has 4 nitrogen and oxygen atoms in total. The third kappa shape index (κ3) is 1.95. The fraction of sp³-hybridized carbons (Fsp3) is 0.769. The summed E-state index contributed by atoms with van der Waals surface area (Å²) in [6.45, 7) is 1.83. The molecule has 1 aliphatic carbocycles. The number of carbonyl (C=O) groups excluding carboxylic acids is 1. The van der Waals surface area contributed by atoms with E-state index < -0.39 is 0 Å². The average Bonchev–Trinajstić information content (AvgIpc) is 2.31. The Kier molecular flexibility index (Phi) is 2.62. The van der Waals surface area contributed by atoms with Crippen molar-refractivity contribution in [1.82, 2.24) is 15.5 Å². The standard InChI is InChI=1S/C13H21N3O/c1-16-8-5-11-10(9-16)12(17)15-13(14-11)6-3-2-4-7-13/h14H,2-9H2,1H3,(H,15,17). The van der Waals surface area contributed by atoms with E-state index in [1.165, 1.54) is 25.0 Å². The van der Waals surface area contributed by atoms with E-state index in [4.69, 9.17) is 0 Å². The lowest BCUT2D eigenvalue weighted by atomic mass is 9.85. The SMILES string of the molecule is CN1CCC2=C(C1)C(=O)NC1(CCCCC1)N2. The van der Waals surface area contributed by atoms with E-state index in [9.17, 15) is 4.79 Å². The van der Waals surface area contributed by atoms with Gasteiger partial charge in [-0.05, 0) is 32.7 Å². The summed E-state index contributed by atoms with van der Waals surface area (Å²) >= 11 is 0. The molecule has 0 saturated heterocycles. The van der Waals surface area contributed by atoms with Gasteiger partial charge in [0.1, 0.15) is 5.66 Å². The van der Waals surface area contributed by atoms with E-state index in [1.807, 2.05) is 0 Å². The van der Waals surface area contributed by atoms with E-state index in [0.29, 0.717) is 0 Å². The van der Waals surface area contributed by atoms with E-state index >= 15 is 0 Å². The van der Waals surface area contributed by atoms with Gasteiger partial charge in [-0.3, -0.25) is 4.79 Å². The molecule has 3 rings (SSSR count). The first-order valence-corrected chi connectivity index (χ1v) is 6.70. The second kappa shape index (κ2) is 4.02. The number of nitrogens with one attached hydrogen (secondary N) is 2. The third-order valence-corrected chi connectivity index (χ3v) is 4.26. The van der Waals surface area contributed by atoms with Crippen molar-refractivity contribution in [3.8, 4) is 0 Å². The fourth-order valence-corrected chi connectivity index (χ4v) is 3.26. The van der Waals surface area contributed by atoms with Crippen LogP contribution in [0.1, 0.15) is 38.5 Å². The van der Waals surface area contributed by atoms with Crippen molar-refractivity contribution in [2.45, 2.75) is 44.2 Å². The minimum Gasteiger partial charge on any atom is -0.366 e. The lowest BCUT2D eigenvalue weighted by Gasteiger charge is -2.46. The molecule has 94 valence electrons. The second-order valence-electron chi connectivity index (χ2n) is 5.67. The van der Waals surface area contributed by atoms with Crippen molar-refractivity contribution < 1.29 is 4.79 Å². The molecule has 2 aliphatic heterocycles. The summed E-state index contributed by atoms with van der Waals surface area (Å²) in [7, 11) is 2.07. The predicted molar refractivity (Wildman–Crippen MR) is 66.2 cm³/mol. The van der Waals surface area contributed by atoms with Crippen molar-refractivity contribution >= 4 is 5.91 Å². The molecule has 0 aromatic heterocycles. The van der Waals surface area contributed by atoms with Crippen LogP contribution < -0.4 is 10.6 Å². The average molecular weight is 235 g/mol. The molecule has 0 atom stereocenters. The van der Waals surface area contributed by atoms with Gasteiger partial charge in [0, 0.05) is 30.8 Å². The van der Waals surface area contributed by atoms with Crippen LogP contribution in [0.2, 0.25) is 0 Å². The van der Waals surface area contributed by atoms with E-state index in [2.05, 4.69) is 22.6 Å². The van der Waals surface area contributed by atoms with Gasteiger partial charge in [-0.2, -0.15) is 0 Å². The lowest BCUT2D eigenvalue weighted by Crippen LogP contribution is -2.64. The molecular formula is C13H21N3O. The third-order valence-electron chi connectivity index (χ3n) is 4.26. The summed E-state index contributed by atoms with van der Waals surface area (Å²) in [6, 6.07) is 0. The van der Waals surface area contributed by atoms with Crippen molar-refractivity contribution in [3.63, 3.8) is 0 Å². The Balaban J connectivity index is 1.85. The first kappa shape index (κ1) is 11.1. The molecule has 1 fully saturated rings. The van der Waals surface area contributed by atoms with Crippen LogP contribution >= 0.6 is 0 Å². The molecule has 1 spiro atoms. The molecule has 0 aromatic carbocycles. The van der Waals surface area contributed by atoms with Crippen LogP contribution in [0.5, 0.6) is 0 Å². The maximum absolute atomic E-state index is 12.2. The first-order valence-electron chi connectivity index (χ1n) is 6.70. The molecule has 0 aromatic rings. The molecule has 1 amide bonds. The number of likely N-dealkylation sites (N-methyl/N-ethyl adjacent to an activating group) is 1. The maximum atomic E-state index is 12.2. The molecule has 4 heteroatoms. The minimum absolute atomic E-state index is 0.121. The summed E-state index contributed by atoms with van der Waals surface area (Å²) in [5.74, 6) is 0.159. The molecular weight excluding hydrogens is 214 g/mol. The highest BCUT2D eigenvalue weighted by molar-refractivity contribution is 5.96. The van der Waals surface area contributed by atoms with Crippen LogP contribution in [0.4, 0.5) is 0 Å². The molecule has 0 bridgehead atoms. The quantitative estimate of drug-likeness (QED) is 0.657. The van der Waals surface area contributed by atoms with Gasteiger partial charge in [-0.25, -0.2) is 0 Å². The van der Waals surface area contributed by atoms with Gasteiger partial charge in [0.05, 0.1) is 0 Å². The number of carbonyl (C=O) groups is 1. The Labute approximate surface area is 102 Å². The van der Waals surface area contributed by atoms with Crippen LogP contribution in [0.25, 0.3) is 0 Å². The lowest BCUT2D eigenvalue weighted by molar-refractivity contribution is -0.121. The molecule has 2 heterocycles. The number of amides is 1. The fourth-order valence-electron chi connectivity index (χ4n) is 3.26. The number of hydrogen-bond donors (Lipinski definition) is 2. The first-order chi connectivity index (χ1) is 8.19. The van der Waals surface area contributed by atoms with Crippen LogP contribution in [0.3, 0.4) is 0 Å². The van der Waals surface area contributed by atoms with E-state index in [1.54, 1.807) is 0 Å². The molecule has 2 N–H and O–H groups in total. The van der Waals surface area contributed by atoms with Gasteiger partial charge < -0.3 is 15.5 Å². The zero-order valence-electron chi connectivity index (χ0n) is 10.5. The van der Waals surface area contributed by atoms with Crippen LogP contribution in [0, 0.1) is 0 Å². The van der Waals surface area contributed by atoms with Gasteiger partial charge in [0.25, 0.3) is 5.91 Å². The van der Waals surface area contributed by atoms with Crippen LogP contribution in [0.15, 0.2) is 11.3 Å². The van der Waals surface area contributed by atoms with Crippen LogP contribution in [-0.2, 0) is 4.79 Å². The van der Waals surface area contributed by atoms with Crippen molar-refractivity contribution in [2.24, 2.45) is 0 Å². The van der Waals surface area contributed by atoms with Gasteiger partial charge in [-0.1, -0.05) is 6.42 Å². The van der Waals surface area contributed by atoms with Crippen molar-refractivity contribution in [2.75, 3.05) is 20.1 Å². The predicted octanol–water partition coefficient (Wildman–Crippen LogP) is 0.956. The van der Waals surface area contributed by atoms with Gasteiger partial charge in [-0.15, -0.1) is 0 Å². The second-order valence-corrected chi connectivity index (χ2v) is 5.67. The molecule has 3 aliphatic rings. The zero-order valence-corrected chi connectivity index (χ0v) is 10.5. The number of rotatable bonds is 0. The van der Waals surface area contributed by atoms with Gasteiger partial charge >= 0.3 is 0 Å². The largest absolute Gasteiger partial charge is 0.366 e. The van der Waals surface area contributed by atoms with Crippen molar-refractivity contribution in [1.29, 1.82) is 0 Å². The van der Waals surface area contributed by atoms with Gasteiger partial charge in [0.2, 0.25) is 0 Å². The molecule has 17 heavy (non-hydrogen) atoms. The minimum atomic E-state index is -0.121. The Hall–Kier alpha value is -1.03. The summed E-state index contributed by atoms with van der Waals surface area (Å²) in [5, 5.41) is 6.86. The Morgan fingerprint density at radius 1 is 1.18 bits per heavy atom. The summed E-state index contributed by atoms with van der Waals surface area (Å²) in [4.78, 5) is 14.4. The topological polar surface area (TPSA) is 44.4 Å². The summed E-state index contributed by atoms with van der Waals surface area (Å²) in [6.07, 6.45) is 6.87. The maximum Gasteiger partial charge on any atom is 0.252 e. The Morgan fingerprint density at radius 2 is 1.94 bits per heavy atom. The van der Waals surface area contributed by atoms with Gasteiger partial charge in [0.15, 0.2) is 0 Å². The Morgan fingerprint density at radius 3 is 2.71 bits per heavy atom.